The lowest BCUT2D eigenvalue weighted by Gasteiger charge is -1.98. The van der Waals surface area contributed by atoms with E-state index in [4.69, 9.17) is 9.52 Å². The Balaban J connectivity index is 3.19. The van der Waals surface area contributed by atoms with Crippen molar-refractivity contribution in [3.8, 4) is 5.75 Å². The van der Waals surface area contributed by atoms with Gasteiger partial charge in [-0.2, -0.15) is 0 Å². The van der Waals surface area contributed by atoms with E-state index >= 15 is 0 Å². The van der Waals surface area contributed by atoms with Crippen LogP contribution in [-0.4, -0.2) is 5.11 Å². The van der Waals surface area contributed by atoms with Crippen LogP contribution in [0.1, 0.15) is 9.50 Å². The standard InChI is InChI=1S/C6H4Br2O3/c7-6(8)4-1-3(9)2-5(10)11-4/h1-2,6,9H. The Morgan fingerprint density at radius 2 is 2.09 bits per heavy atom. The molecule has 0 aliphatic rings. The van der Waals surface area contributed by atoms with Crippen LogP contribution in [0.3, 0.4) is 0 Å². The highest BCUT2D eigenvalue weighted by molar-refractivity contribution is 9.24. The molecule has 1 N–H and O–H groups in total. The molecule has 0 atom stereocenters. The second-order valence-corrected chi connectivity index (χ2v) is 4.90. The van der Waals surface area contributed by atoms with E-state index in [1.807, 2.05) is 0 Å². The van der Waals surface area contributed by atoms with Crippen molar-refractivity contribution in [2.75, 3.05) is 0 Å². The zero-order valence-electron chi connectivity index (χ0n) is 5.25. The van der Waals surface area contributed by atoms with Crippen LogP contribution in [-0.2, 0) is 0 Å². The van der Waals surface area contributed by atoms with E-state index < -0.39 is 5.63 Å². The third kappa shape index (κ3) is 2.34. The largest absolute Gasteiger partial charge is 0.508 e. The lowest BCUT2D eigenvalue weighted by atomic mass is 10.4. The summed E-state index contributed by atoms with van der Waals surface area (Å²) < 4.78 is 4.46. The molecule has 0 bridgehead atoms. The number of rotatable bonds is 1. The zero-order valence-corrected chi connectivity index (χ0v) is 8.42. The Morgan fingerprint density at radius 1 is 1.45 bits per heavy atom. The summed E-state index contributed by atoms with van der Waals surface area (Å²) >= 11 is 6.25. The first kappa shape index (κ1) is 8.80. The first-order valence-corrected chi connectivity index (χ1v) is 4.55. The Kier molecular flexibility index (Phi) is 2.72. The number of alkyl halides is 2. The van der Waals surface area contributed by atoms with E-state index in [-0.39, 0.29) is 9.49 Å². The van der Waals surface area contributed by atoms with Gasteiger partial charge in [0.2, 0.25) is 0 Å². The number of hydrogen-bond donors (Lipinski definition) is 1. The van der Waals surface area contributed by atoms with Crippen LogP contribution in [0.2, 0.25) is 0 Å². The summed E-state index contributed by atoms with van der Waals surface area (Å²) in [6.45, 7) is 0. The molecule has 0 saturated carbocycles. The SMILES string of the molecule is O=c1cc(O)cc(C(Br)Br)o1. The lowest BCUT2D eigenvalue weighted by molar-refractivity contribution is 0.433. The van der Waals surface area contributed by atoms with Crippen LogP contribution >= 0.6 is 31.9 Å². The highest BCUT2D eigenvalue weighted by Crippen LogP contribution is 2.29. The van der Waals surface area contributed by atoms with Crippen LogP contribution < -0.4 is 5.63 Å². The van der Waals surface area contributed by atoms with Crippen molar-refractivity contribution in [2.45, 2.75) is 3.74 Å². The summed E-state index contributed by atoms with van der Waals surface area (Å²) in [6.07, 6.45) is 0. The summed E-state index contributed by atoms with van der Waals surface area (Å²) in [5, 5.41) is 8.94. The molecule has 0 amide bonds. The van der Waals surface area contributed by atoms with Crippen LogP contribution in [0, 0.1) is 0 Å². The van der Waals surface area contributed by atoms with Crippen LogP contribution in [0.15, 0.2) is 21.3 Å². The molecule has 60 valence electrons. The van der Waals surface area contributed by atoms with E-state index in [2.05, 4.69) is 31.9 Å². The molecular weight excluding hydrogens is 280 g/mol. The molecule has 1 rings (SSSR count). The van der Waals surface area contributed by atoms with Crippen molar-refractivity contribution in [1.29, 1.82) is 0 Å². The summed E-state index contributed by atoms with van der Waals surface area (Å²) in [4.78, 5) is 10.6. The van der Waals surface area contributed by atoms with Crippen molar-refractivity contribution in [2.24, 2.45) is 0 Å². The molecule has 1 heterocycles. The molecule has 5 heteroatoms. The average molecular weight is 284 g/mol. The molecule has 0 aromatic carbocycles. The van der Waals surface area contributed by atoms with Gasteiger partial charge in [-0.25, -0.2) is 4.79 Å². The van der Waals surface area contributed by atoms with Crippen molar-refractivity contribution < 1.29 is 9.52 Å². The molecule has 1 aromatic rings. The second-order valence-electron chi connectivity index (χ2n) is 1.84. The average Bonchev–Trinajstić information content (AvgIpc) is 1.85. The fourth-order valence-corrected chi connectivity index (χ4v) is 1.04. The van der Waals surface area contributed by atoms with E-state index in [0.29, 0.717) is 5.76 Å². The lowest BCUT2D eigenvalue weighted by Crippen LogP contribution is -1.97. The van der Waals surface area contributed by atoms with Crippen LogP contribution in [0.5, 0.6) is 5.75 Å². The zero-order chi connectivity index (χ0) is 8.43. The third-order valence-corrected chi connectivity index (χ3v) is 1.89. The minimum absolute atomic E-state index is 0.0971. The van der Waals surface area contributed by atoms with Crippen molar-refractivity contribution in [3.05, 3.63) is 28.3 Å². The molecule has 0 aliphatic heterocycles. The van der Waals surface area contributed by atoms with Gasteiger partial charge in [0.1, 0.15) is 15.2 Å². The number of hydrogen-bond acceptors (Lipinski definition) is 3. The van der Waals surface area contributed by atoms with Gasteiger partial charge in [0.15, 0.2) is 0 Å². The second kappa shape index (κ2) is 3.40. The Hall–Kier alpha value is -0.290. The van der Waals surface area contributed by atoms with Gasteiger partial charge >= 0.3 is 5.63 Å². The molecule has 0 spiro atoms. The smallest absolute Gasteiger partial charge is 0.339 e. The minimum Gasteiger partial charge on any atom is -0.508 e. The predicted molar refractivity (Wildman–Crippen MR) is 47.2 cm³/mol. The number of aromatic hydroxyl groups is 1. The van der Waals surface area contributed by atoms with Gasteiger partial charge in [-0.1, -0.05) is 31.9 Å². The van der Waals surface area contributed by atoms with Gasteiger partial charge in [-0.05, 0) is 0 Å². The minimum atomic E-state index is -0.566. The summed E-state index contributed by atoms with van der Waals surface area (Å²) in [7, 11) is 0. The fourth-order valence-electron chi connectivity index (χ4n) is 0.591. The molecule has 3 nitrogen and oxygen atoms in total. The third-order valence-electron chi connectivity index (χ3n) is 0.989. The van der Waals surface area contributed by atoms with Gasteiger partial charge in [-0.3, -0.25) is 0 Å². The molecule has 1 aromatic heterocycles. The van der Waals surface area contributed by atoms with Crippen molar-refractivity contribution in [3.63, 3.8) is 0 Å². The quantitative estimate of drug-likeness (QED) is 0.804. The molecule has 0 unspecified atom stereocenters. The monoisotopic (exact) mass is 282 g/mol. The summed E-state index contributed by atoms with van der Waals surface area (Å²) in [6, 6.07) is 2.36. The van der Waals surface area contributed by atoms with Crippen molar-refractivity contribution >= 4 is 31.9 Å². The summed E-state index contributed by atoms with van der Waals surface area (Å²) in [5.74, 6) is 0.246. The topological polar surface area (TPSA) is 50.4 Å². The first-order valence-electron chi connectivity index (χ1n) is 2.72. The van der Waals surface area contributed by atoms with Gasteiger partial charge in [-0.15, -0.1) is 0 Å². The van der Waals surface area contributed by atoms with Crippen LogP contribution in [0.25, 0.3) is 0 Å². The maximum Gasteiger partial charge on any atom is 0.339 e. The normalized spacial score (nSPS) is 10.5. The van der Waals surface area contributed by atoms with E-state index in [1.165, 1.54) is 6.07 Å². The highest BCUT2D eigenvalue weighted by Gasteiger charge is 2.07. The van der Waals surface area contributed by atoms with E-state index in [9.17, 15) is 4.79 Å². The van der Waals surface area contributed by atoms with Gasteiger partial charge < -0.3 is 9.52 Å². The van der Waals surface area contributed by atoms with E-state index in [1.54, 1.807) is 0 Å². The van der Waals surface area contributed by atoms with Crippen molar-refractivity contribution in [1.82, 2.24) is 0 Å². The molecule has 0 radical (unpaired) electrons. The summed E-state index contributed by atoms with van der Waals surface area (Å²) in [5.41, 5.74) is -0.566. The maximum absolute atomic E-state index is 10.6. The Labute approximate surface area is 79.3 Å². The molecular formula is C6H4Br2O3. The Bertz CT molecular complexity index is 305. The molecule has 11 heavy (non-hydrogen) atoms. The first-order chi connectivity index (χ1) is 5.09. The Morgan fingerprint density at radius 3 is 2.55 bits per heavy atom. The molecule has 0 fully saturated rings. The van der Waals surface area contributed by atoms with Crippen LogP contribution in [0.4, 0.5) is 0 Å². The molecule has 0 saturated heterocycles. The van der Waals surface area contributed by atoms with Gasteiger partial charge in [0, 0.05) is 6.07 Å². The van der Waals surface area contributed by atoms with Gasteiger partial charge in [0.25, 0.3) is 0 Å². The fraction of sp³-hybridized carbons (Fsp3) is 0.167. The molecule has 0 aliphatic carbocycles. The van der Waals surface area contributed by atoms with E-state index in [0.717, 1.165) is 6.07 Å². The predicted octanol–water partition coefficient (Wildman–Crippen LogP) is 2.13. The maximum atomic E-state index is 10.6. The number of halogens is 2. The highest BCUT2D eigenvalue weighted by atomic mass is 79.9. The van der Waals surface area contributed by atoms with Gasteiger partial charge in [0.05, 0.1) is 6.07 Å².